The Kier molecular flexibility index (Phi) is 4.33. The second-order valence-electron chi connectivity index (χ2n) is 5.11. The molecule has 3 heterocycles. The van der Waals surface area contributed by atoms with Crippen LogP contribution in [0, 0.1) is 0 Å². The van der Waals surface area contributed by atoms with Gasteiger partial charge in [0.05, 0.1) is 0 Å². The van der Waals surface area contributed by atoms with E-state index in [-0.39, 0.29) is 0 Å². The molecule has 1 aliphatic rings. The molecule has 0 N–H and O–H groups in total. The fourth-order valence-corrected chi connectivity index (χ4v) is 3.01. The van der Waals surface area contributed by atoms with Gasteiger partial charge in [0.1, 0.15) is 0 Å². The monoisotopic (exact) mass is 344 g/mol. The van der Waals surface area contributed by atoms with Crippen molar-refractivity contribution in [3.05, 3.63) is 23.0 Å². The lowest BCUT2D eigenvalue weighted by Crippen LogP contribution is -2.47. The minimum Gasteiger partial charge on any atom is -0.343 e. The van der Waals surface area contributed by atoms with Gasteiger partial charge in [-0.3, -0.25) is 0 Å². The van der Waals surface area contributed by atoms with E-state index < -0.39 is 11.2 Å². The summed E-state index contributed by atoms with van der Waals surface area (Å²) in [6.45, 7) is 4.42. The average molecular weight is 344 g/mol. The molecule has 124 valence electrons. The summed E-state index contributed by atoms with van der Waals surface area (Å²) in [6, 6.07) is 0. The first-order chi connectivity index (χ1) is 11.0. The maximum Gasteiger partial charge on any atom is 0.445 e. The van der Waals surface area contributed by atoms with Crippen LogP contribution in [0.15, 0.2) is 12.4 Å². The number of hydrogen-bond donors (Lipinski definition) is 0. The number of rotatable bonds is 3. The molecule has 0 aromatic carbocycles. The van der Waals surface area contributed by atoms with Gasteiger partial charge in [-0.25, -0.2) is 9.97 Å². The normalized spacial score (nSPS) is 16.0. The third-order valence-corrected chi connectivity index (χ3v) is 4.62. The summed E-state index contributed by atoms with van der Waals surface area (Å²) >= 11 is 0.577. The third-order valence-electron chi connectivity index (χ3n) is 3.59. The Labute approximate surface area is 135 Å². The highest BCUT2D eigenvalue weighted by molar-refractivity contribution is 7.15. The van der Waals surface area contributed by atoms with Crippen LogP contribution in [-0.2, 0) is 12.6 Å². The summed E-state index contributed by atoms with van der Waals surface area (Å²) in [7, 11) is 0. The van der Waals surface area contributed by atoms with Gasteiger partial charge in [-0.1, -0.05) is 18.3 Å². The molecule has 0 aliphatic carbocycles. The second kappa shape index (κ2) is 6.26. The van der Waals surface area contributed by atoms with Gasteiger partial charge in [0, 0.05) is 38.6 Å². The number of halogens is 3. The smallest absolute Gasteiger partial charge is 0.343 e. The van der Waals surface area contributed by atoms with E-state index in [1.807, 2.05) is 16.7 Å². The SMILES string of the molecule is CCc1cnc(N2CCN(c3nnc(C(F)(F)F)s3)CC2)nc1. The largest absolute Gasteiger partial charge is 0.445 e. The molecule has 23 heavy (non-hydrogen) atoms. The first-order valence-electron chi connectivity index (χ1n) is 7.19. The lowest BCUT2D eigenvalue weighted by atomic mass is 10.3. The molecule has 10 heteroatoms. The predicted octanol–water partition coefficient (Wildman–Crippen LogP) is 2.24. The Bertz CT molecular complexity index is 648. The van der Waals surface area contributed by atoms with E-state index in [0.717, 1.165) is 12.0 Å². The highest BCUT2D eigenvalue weighted by Crippen LogP contribution is 2.34. The van der Waals surface area contributed by atoms with E-state index in [1.54, 1.807) is 12.4 Å². The Morgan fingerprint density at radius 1 is 1.04 bits per heavy atom. The van der Waals surface area contributed by atoms with Gasteiger partial charge in [-0.15, -0.1) is 10.2 Å². The number of aromatic nitrogens is 4. The summed E-state index contributed by atoms with van der Waals surface area (Å²) in [5.74, 6) is 0.648. The van der Waals surface area contributed by atoms with Crippen molar-refractivity contribution in [3.8, 4) is 0 Å². The molecular formula is C13H15F3N6S. The van der Waals surface area contributed by atoms with E-state index in [2.05, 4.69) is 20.2 Å². The number of alkyl halides is 3. The molecule has 2 aromatic rings. The molecule has 0 spiro atoms. The van der Waals surface area contributed by atoms with Crippen LogP contribution in [0.4, 0.5) is 24.3 Å². The summed E-state index contributed by atoms with van der Waals surface area (Å²) in [5, 5.41) is 6.27. The number of piperazine rings is 1. The van der Waals surface area contributed by atoms with Gasteiger partial charge in [-0.05, 0) is 12.0 Å². The van der Waals surface area contributed by atoms with Crippen molar-refractivity contribution in [2.24, 2.45) is 0 Å². The molecule has 0 unspecified atom stereocenters. The van der Waals surface area contributed by atoms with Crippen LogP contribution in [0.3, 0.4) is 0 Å². The second-order valence-corrected chi connectivity index (χ2v) is 6.06. The summed E-state index contributed by atoms with van der Waals surface area (Å²) in [4.78, 5) is 12.5. The van der Waals surface area contributed by atoms with Crippen molar-refractivity contribution in [1.29, 1.82) is 0 Å². The Morgan fingerprint density at radius 3 is 2.17 bits per heavy atom. The molecule has 2 aromatic heterocycles. The fourth-order valence-electron chi connectivity index (χ4n) is 2.25. The number of nitrogens with zero attached hydrogens (tertiary/aromatic N) is 6. The standard InChI is InChI=1S/C13H15F3N6S/c1-2-9-7-17-11(18-8-9)21-3-5-22(6-4-21)12-20-19-10(23-12)13(14,15)16/h7-8H,2-6H2,1H3. The van der Waals surface area contributed by atoms with Crippen LogP contribution in [0.1, 0.15) is 17.5 Å². The van der Waals surface area contributed by atoms with Gasteiger partial charge >= 0.3 is 6.18 Å². The Morgan fingerprint density at radius 2 is 1.65 bits per heavy atom. The van der Waals surface area contributed by atoms with Gasteiger partial charge < -0.3 is 9.80 Å². The minimum atomic E-state index is -4.44. The van der Waals surface area contributed by atoms with Crippen LogP contribution < -0.4 is 9.80 Å². The van der Waals surface area contributed by atoms with E-state index in [9.17, 15) is 13.2 Å². The van der Waals surface area contributed by atoms with Crippen LogP contribution in [0.5, 0.6) is 0 Å². The minimum absolute atomic E-state index is 0.305. The average Bonchev–Trinajstić information content (AvgIpc) is 3.05. The molecule has 0 atom stereocenters. The van der Waals surface area contributed by atoms with Crippen LogP contribution >= 0.6 is 11.3 Å². The maximum atomic E-state index is 12.6. The predicted molar refractivity (Wildman–Crippen MR) is 80.7 cm³/mol. The number of hydrogen-bond acceptors (Lipinski definition) is 7. The van der Waals surface area contributed by atoms with E-state index in [0.29, 0.717) is 48.6 Å². The molecule has 0 radical (unpaired) electrons. The lowest BCUT2D eigenvalue weighted by Gasteiger charge is -2.34. The van der Waals surface area contributed by atoms with Crippen LogP contribution in [0.25, 0.3) is 0 Å². The molecule has 6 nitrogen and oxygen atoms in total. The van der Waals surface area contributed by atoms with Crippen molar-refractivity contribution >= 4 is 22.4 Å². The quantitative estimate of drug-likeness (QED) is 0.851. The maximum absolute atomic E-state index is 12.6. The van der Waals surface area contributed by atoms with Gasteiger partial charge in [0.15, 0.2) is 0 Å². The van der Waals surface area contributed by atoms with Crippen molar-refractivity contribution in [2.45, 2.75) is 19.5 Å². The van der Waals surface area contributed by atoms with Gasteiger partial charge in [0.25, 0.3) is 0 Å². The van der Waals surface area contributed by atoms with Gasteiger partial charge in [-0.2, -0.15) is 13.2 Å². The molecule has 0 saturated carbocycles. The zero-order valence-corrected chi connectivity index (χ0v) is 13.2. The molecule has 1 saturated heterocycles. The first-order valence-corrected chi connectivity index (χ1v) is 8.00. The summed E-state index contributed by atoms with van der Waals surface area (Å²) in [5.41, 5.74) is 1.07. The molecule has 0 amide bonds. The lowest BCUT2D eigenvalue weighted by molar-refractivity contribution is -0.138. The Hall–Kier alpha value is -1.97. The molecular weight excluding hydrogens is 329 g/mol. The number of anilines is 2. The Balaban J connectivity index is 1.62. The van der Waals surface area contributed by atoms with E-state index >= 15 is 0 Å². The molecule has 1 fully saturated rings. The van der Waals surface area contributed by atoms with E-state index in [1.165, 1.54) is 0 Å². The first kappa shape index (κ1) is 15.9. The molecule has 0 bridgehead atoms. The van der Waals surface area contributed by atoms with E-state index in [4.69, 9.17) is 0 Å². The summed E-state index contributed by atoms with van der Waals surface area (Å²) < 4.78 is 37.7. The van der Waals surface area contributed by atoms with Crippen molar-refractivity contribution < 1.29 is 13.2 Å². The van der Waals surface area contributed by atoms with Crippen LogP contribution in [-0.4, -0.2) is 46.3 Å². The molecule has 1 aliphatic heterocycles. The van der Waals surface area contributed by atoms with Crippen molar-refractivity contribution in [1.82, 2.24) is 20.2 Å². The van der Waals surface area contributed by atoms with Crippen molar-refractivity contribution in [3.63, 3.8) is 0 Å². The molecule has 3 rings (SSSR count). The highest BCUT2D eigenvalue weighted by atomic mass is 32.1. The summed E-state index contributed by atoms with van der Waals surface area (Å²) in [6.07, 6.45) is 0.0450. The zero-order chi connectivity index (χ0) is 16.4. The fraction of sp³-hybridized carbons (Fsp3) is 0.538. The zero-order valence-electron chi connectivity index (χ0n) is 12.4. The topological polar surface area (TPSA) is 58.0 Å². The van der Waals surface area contributed by atoms with Gasteiger partial charge in [0.2, 0.25) is 16.1 Å². The van der Waals surface area contributed by atoms with Crippen LogP contribution in [0.2, 0.25) is 0 Å². The van der Waals surface area contributed by atoms with Crippen molar-refractivity contribution in [2.75, 3.05) is 36.0 Å². The third kappa shape index (κ3) is 3.52. The highest BCUT2D eigenvalue weighted by Gasteiger charge is 2.36. The number of aryl methyl sites for hydroxylation is 1.